The lowest BCUT2D eigenvalue weighted by Gasteiger charge is -2.29. The molecule has 9 heteroatoms. The Hall–Kier alpha value is -2.42. The van der Waals surface area contributed by atoms with Crippen molar-refractivity contribution >= 4 is 16.9 Å². The second kappa shape index (κ2) is 8.98. The van der Waals surface area contributed by atoms with Crippen LogP contribution < -0.4 is 14.8 Å². The molecule has 4 rings (SSSR count). The number of aromatic nitrogens is 3. The van der Waals surface area contributed by atoms with E-state index in [0.717, 1.165) is 38.5 Å². The van der Waals surface area contributed by atoms with Crippen molar-refractivity contribution < 1.29 is 23.4 Å². The van der Waals surface area contributed by atoms with Crippen LogP contribution in [-0.2, 0) is 16.6 Å². The van der Waals surface area contributed by atoms with Crippen LogP contribution in [0.3, 0.4) is 0 Å². The van der Waals surface area contributed by atoms with E-state index in [1.165, 1.54) is 6.92 Å². The molecule has 2 aromatic heterocycles. The van der Waals surface area contributed by atoms with E-state index in [-0.39, 0.29) is 36.1 Å². The second-order valence-corrected chi connectivity index (χ2v) is 8.74. The molecule has 2 heterocycles. The largest absolute Gasteiger partial charge is 0.472 e. The van der Waals surface area contributed by atoms with Gasteiger partial charge in [0.05, 0.1) is 18.4 Å². The highest BCUT2D eigenvalue weighted by Crippen LogP contribution is 2.34. The minimum atomic E-state index is -0.484. The zero-order chi connectivity index (χ0) is 22.1. The molecule has 1 atom stereocenters. The molecule has 2 fully saturated rings. The molecular weight excluding hydrogens is 403 g/mol. The zero-order valence-electron chi connectivity index (χ0n) is 18.6. The van der Waals surface area contributed by atoms with Crippen LogP contribution in [0.1, 0.15) is 58.1 Å². The van der Waals surface area contributed by atoms with E-state index in [0.29, 0.717) is 29.3 Å². The maximum atomic E-state index is 15.0. The smallest absolute Gasteiger partial charge is 0.297 e. The number of ether oxygens (including phenoxy) is 3. The quantitative estimate of drug-likeness (QED) is 0.687. The molecule has 2 aliphatic carbocycles. The Bertz CT molecular complexity index is 951. The molecule has 0 aromatic carbocycles. The van der Waals surface area contributed by atoms with E-state index in [9.17, 15) is 4.79 Å². The van der Waals surface area contributed by atoms with Crippen molar-refractivity contribution in [3.8, 4) is 11.9 Å². The summed E-state index contributed by atoms with van der Waals surface area (Å²) in [4.78, 5) is 19.9. The number of carbonyl (C=O) groups excluding carboxylic acids is 1. The Morgan fingerprint density at radius 3 is 2.39 bits per heavy atom. The van der Waals surface area contributed by atoms with Crippen molar-refractivity contribution in [1.82, 2.24) is 19.9 Å². The van der Waals surface area contributed by atoms with Gasteiger partial charge < -0.3 is 19.5 Å². The molecule has 31 heavy (non-hydrogen) atoms. The molecule has 0 saturated heterocycles. The van der Waals surface area contributed by atoms with Crippen LogP contribution in [-0.4, -0.2) is 51.4 Å². The Kier molecular flexibility index (Phi) is 6.31. The van der Waals surface area contributed by atoms with Gasteiger partial charge in [-0.15, -0.1) is 0 Å². The number of carbonyl (C=O) groups is 1. The summed E-state index contributed by atoms with van der Waals surface area (Å²) in [7, 11) is 1.76. The monoisotopic (exact) mass is 434 g/mol. The summed E-state index contributed by atoms with van der Waals surface area (Å²) in [6.45, 7) is 5.74. The fraction of sp³-hybridized carbons (Fsp3) is 0.682. The standard InChI is InChI=1S/C22H31FN4O4/c1-12(24-14(3)28)11-29-15-5-7-17(8-6-15)31-22-26-19-13(2)25-21(30-16-9-10-16)18(23)20(19)27(22)4/h12,15-17H,5-11H2,1-4H3,(H,24,28)/t12-,15?,17?/m0/s1. The first-order chi connectivity index (χ1) is 14.8. The molecular formula is C22H31FN4O4. The minimum Gasteiger partial charge on any atom is -0.472 e. The van der Waals surface area contributed by atoms with Crippen molar-refractivity contribution in [2.75, 3.05) is 6.61 Å². The number of fused-ring (bicyclic) bond motifs is 1. The number of halogens is 1. The predicted octanol–water partition coefficient (Wildman–Crippen LogP) is 3.19. The topological polar surface area (TPSA) is 87.5 Å². The van der Waals surface area contributed by atoms with Crippen LogP contribution in [0.25, 0.3) is 11.0 Å². The molecule has 2 aromatic rings. The van der Waals surface area contributed by atoms with Crippen molar-refractivity contribution in [2.24, 2.45) is 7.05 Å². The third-order valence-corrected chi connectivity index (χ3v) is 5.79. The van der Waals surface area contributed by atoms with Crippen molar-refractivity contribution in [2.45, 2.75) is 83.6 Å². The number of amides is 1. The molecule has 2 aliphatic rings. The van der Waals surface area contributed by atoms with E-state index in [1.54, 1.807) is 11.6 Å². The number of rotatable bonds is 8. The van der Waals surface area contributed by atoms with Gasteiger partial charge in [0.1, 0.15) is 23.2 Å². The fourth-order valence-electron chi connectivity index (χ4n) is 4.00. The lowest BCUT2D eigenvalue weighted by molar-refractivity contribution is -0.120. The maximum absolute atomic E-state index is 15.0. The van der Waals surface area contributed by atoms with E-state index in [4.69, 9.17) is 14.2 Å². The van der Waals surface area contributed by atoms with Crippen LogP contribution >= 0.6 is 0 Å². The van der Waals surface area contributed by atoms with Gasteiger partial charge >= 0.3 is 0 Å². The lowest BCUT2D eigenvalue weighted by atomic mass is 9.95. The minimum absolute atomic E-state index is 0.00152. The van der Waals surface area contributed by atoms with Crippen LogP contribution in [0.2, 0.25) is 0 Å². The Balaban J connectivity index is 1.37. The fourth-order valence-corrected chi connectivity index (χ4v) is 4.00. The highest BCUT2D eigenvalue weighted by atomic mass is 19.1. The van der Waals surface area contributed by atoms with E-state index < -0.39 is 5.82 Å². The molecule has 170 valence electrons. The van der Waals surface area contributed by atoms with Gasteiger partial charge in [-0.25, -0.2) is 4.98 Å². The summed E-state index contributed by atoms with van der Waals surface area (Å²) in [6, 6.07) is 0.387. The molecule has 1 N–H and O–H groups in total. The lowest BCUT2D eigenvalue weighted by Crippen LogP contribution is -2.37. The maximum Gasteiger partial charge on any atom is 0.297 e. The number of nitrogens with one attached hydrogen (secondary N) is 1. The third kappa shape index (κ3) is 5.08. The SMILES string of the molecule is CC(=O)N[C@@H](C)COC1CCC(Oc2nc3c(C)nc(OC4CC4)c(F)c3n2C)CC1. The number of aryl methyl sites for hydroxylation is 2. The van der Waals surface area contributed by atoms with E-state index in [2.05, 4.69) is 15.3 Å². The van der Waals surface area contributed by atoms with Crippen LogP contribution in [0, 0.1) is 12.7 Å². The van der Waals surface area contributed by atoms with Gasteiger partial charge in [-0.1, -0.05) is 0 Å². The summed E-state index contributed by atoms with van der Waals surface area (Å²) in [5, 5.41) is 2.83. The average Bonchev–Trinajstić information content (AvgIpc) is 3.47. The summed E-state index contributed by atoms with van der Waals surface area (Å²) < 4.78 is 34.4. The number of pyridine rings is 1. The van der Waals surface area contributed by atoms with Crippen molar-refractivity contribution in [3.05, 3.63) is 11.5 Å². The Morgan fingerprint density at radius 1 is 1.13 bits per heavy atom. The first-order valence-electron chi connectivity index (χ1n) is 11.1. The first-order valence-corrected chi connectivity index (χ1v) is 11.1. The highest BCUT2D eigenvalue weighted by Gasteiger charge is 2.29. The van der Waals surface area contributed by atoms with Crippen LogP contribution in [0.5, 0.6) is 11.9 Å². The first kappa shape index (κ1) is 21.8. The number of nitrogens with zero attached hydrogens (tertiary/aromatic N) is 3. The summed E-state index contributed by atoms with van der Waals surface area (Å²) in [5.74, 6) is -0.486. The van der Waals surface area contributed by atoms with Crippen LogP contribution in [0.4, 0.5) is 4.39 Å². The van der Waals surface area contributed by atoms with Gasteiger partial charge in [-0.05, 0) is 52.4 Å². The van der Waals surface area contributed by atoms with Crippen molar-refractivity contribution in [1.29, 1.82) is 0 Å². The van der Waals surface area contributed by atoms with Gasteiger partial charge in [0.15, 0.2) is 0 Å². The predicted molar refractivity (Wildman–Crippen MR) is 113 cm³/mol. The highest BCUT2D eigenvalue weighted by molar-refractivity contribution is 5.80. The van der Waals surface area contributed by atoms with Gasteiger partial charge in [-0.3, -0.25) is 9.36 Å². The molecule has 0 unspecified atom stereocenters. The summed E-state index contributed by atoms with van der Waals surface area (Å²) in [5.41, 5.74) is 1.49. The van der Waals surface area contributed by atoms with Gasteiger partial charge in [0.25, 0.3) is 11.9 Å². The average molecular weight is 435 g/mol. The van der Waals surface area contributed by atoms with Gasteiger partial charge in [-0.2, -0.15) is 9.37 Å². The second-order valence-electron chi connectivity index (χ2n) is 8.74. The number of imidazole rings is 1. The molecule has 0 bridgehead atoms. The van der Waals surface area contributed by atoms with Gasteiger partial charge in [0, 0.05) is 20.0 Å². The molecule has 0 radical (unpaired) electrons. The molecule has 0 spiro atoms. The number of hydrogen-bond acceptors (Lipinski definition) is 6. The van der Waals surface area contributed by atoms with E-state index in [1.807, 2.05) is 13.8 Å². The summed E-state index contributed by atoms with van der Waals surface area (Å²) >= 11 is 0. The van der Waals surface area contributed by atoms with Crippen molar-refractivity contribution in [3.63, 3.8) is 0 Å². The van der Waals surface area contributed by atoms with E-state index >= 15 is 4.39 Å². The molecule has 8 nitrogen and oxygen atoms in total. The number of hydrogen-bond donors (Lipinski definition) is 1. The molecule has 0 aliphatic heterocycles. The normalized spacial score (nSPS) is 22.4. The molecule has 2 saturated carbocycles. The Morgan fingerprint density at radius 2 is 1.74 bits per heavy atom. The van der Waals surface area contributed by atoms with Gasteiger partial charge in [0.2, 0.25) is 11.7 Å². The van der Waals surface area contributed by atoms with Crippen LogP contribution in [0.15, 0.2) is 0 Å². The zero-order valence-corrected chi connectivity index (χ0v) is 18.6. The Labute approximate surface area is 181 Å². The summed E-state index contributed by atoms with van der Waals surface area (Å²) in [6.07, 6.45) is 5.51. The molecule has 1 amide bonds. The third-order valence-electron chi connectivity index (χ3n) is 5.79.